The maximum atomic E-state index is 12.1. The molecule has 116 valence electrons. The van der Waals surface area contributed by atoms with Crippen molar-refractivity contribution in [2.45, 2.75) is 20.0 Å². The lowest BCUT2D eigenvalue weighted by molar-refractivity contribution is -0.115. The van der Waals surface area contributed by atoms with Gasteiger partial charge >= 0.3 is 0 Å². The molecule has 0 aliphatic carbocycles. The molecule has 5 heteroatoms. The second kappa shape index (κ2) is 8.35. The van der Waals surface area contributed by atoms with E-state index >= 15 is 0 Å². The Bertz CT molecular complexity index is 728. The minimum Gasteiger partial charge on any atom is -0.346 e. The first-order valence-electron chi connectivity index (χ1n) is 7.16. The van der Waals surface area contributed by atoms with Gasteiger partial charge in [-0.3, -0.25) is 14.6 Å². The molecule has 0 fully saturated rings. The van der Waals surface area contributed by atoms with Crippen LogP contribution in [-0.2, 0) is 17.9 Å². The third kappa shape index (κ3) is 5.29. The Morgan fingerprint density at radius 2 is 1.83 bits per heavy atom. The Morgan fingerprint density at radius 3 is 2.48 bits per heavy atom. The van der Waals surface area contributed by atoms with Crippen LogP contribution in [0.3, 0.4) is 0 Å². The molecule has 2 rings (SSSR count). The Balaban J connectivity index is 1.87. The lowest BCUT2D eigenvalue weighted by Gasteiger charge is -2.06. The van der Waals surface area contributed by atoms with Crippen LogP contribution in [-0.4, -0.2) is 16.8 Å². The Labute approximate surface area is 135 Å². The third-order valence-corrected chi connectivity index (χ3v) is 3.06. The van der Waals surface area contributed by atoms with E-state index in [4.69, 9.17) is 0 Å². The van der Waals surface area contributed by atoms with Gasteiger partial charge in [0, 0.05) is 18.3 Å². The number of hydrogen-bond donors (Lipinski definition) is 2. The predicted molar refractivity (Wildman–Crippen MR) is 87.1 cm³/mol. The molecule has 0 bridgehead atoms. The van der Waals surface area contributed by atoms with Crippen LogP contribution in [0, 0.1) is 11.8 Å². The third-order valence-electron chi connectivity index (χ3n) is 3.06. The van der Waals surface area contributed by atoms with E-state index < -0.39 is 0 Å². The maximum Gasteiger partial charge on any atom is 0.296 e. The van der Waals surface area contributed by atoms with E-state index in [1.54, 1.807) is 37.4 Å². The van der Waals surface area contributed by atoms with Crippen molar-refractivity contribution >= 4 is 11.8 Å². The van der Waals surface area contributed by atoms with Crippen molar-refractivity contribution < 1.29 is 9.59 Å². The number of pyridine rings is 1. The fourth-order valence-corrected chi connectivity index (χ4v) is 1.89. The minimum atomic E-state index is -0.315. The molecule has 0 saturated heterocycles. The molecule has 0 radical (unpaired) electrons. The summed E-state index contributed by atoms with van der Waals surface area (Å²) in [5, 5.41) is 5.49. The monoisotopic (exact) mass is 307 g/mol. The largest absolute Gasteiger partial charge is 0.346 e. The second-order valence-electron chi connectivity index (χ2n) is 4.76. The molecule has 1 aromatic carbocycles. The van der Waals surface area contributed by atoms with Crippen LogP contribution < -0.4 is 10.6 Å². The number of nitrogens with zero attached hydrogens (tertiary/aromatic N) is 1. The van der Waals surface area contributed by atoms with Crippen molar-refractivity contribution in [3.8, 4) is 11.8 Å². The van der Waals surface area contributed by atoms with Crippen molar-refractivity contribution in [1.29, 1.82) is 0 Å². The smallest absolute Gasteiger partial charge is 0.296 e. The Kier molecular flexibility index (Phi) is 5.89. The van der Waals surface area contributed by atoms with E-state index in [0.717, 1.165) is 11.3 Å². The van der Waals surface area contributed by atoms with E-state index in [-0.39, 0.29) is 11.8 Å². The molecule has 0 unspecified atom stereocenters. The molecule has 2 amide bonds. The highest BCUT2D eigenvalue weighted by atomic mass is 16.2. The number of carbonyl (C=O) groups excluding carboxylic acids is 2. The number of rotatable bonds is 5. The number of amides is 2. The zero-order valence-electron chi connectivity index (χ0n) is 12.8. The van der Waals surface area contributed by atoms with Gasteiger partial charge in [-0.25, -0.2) is 0 Å². The molecule has 0 aliphatic heterocycles. The number of aromatic nitrogens is 1. The summed E-state index contributed by atoms with van der Waals surface area (Å²) in [6.45, 7) is 2.37. The molecular weight excluding hydrogens is 290 g/mol. The summed E-state index contributed by atoms with van der Waals surface area (Å²) in [4.78, 5) is 27.5. The molecule has 0 atom stereocenters. The maximum absolute atomic E-state index is 12.1. The standard InChI is InChI=1S/C18H17N3O2/c1-2-5-17(22)20-12-14-7-9-15(10-8-14)18(23)21-13-16-6-3-4-11-19-16/h3-4,6-11H,12-13H2,1H3,(H,20,22)(H,21,23). The minimum absolute atomic E-state index is 0.164. The first-order valence-corrected chi connectivity index (χ1v) is 7.16. The average Bonchev–Trinajstić information content (AvgIpc) is 2.59. The van der Waals surface area contributed by atoms with E-state index in [1.165, 1.54) is 0 Å². The zero-order chi connectivity index (χ0) is 16.5. The topological polar surface area (TPSA) is 71.1 Å². The van der Waals surface area contributed by atoms with Crippen molar-refractivity contribution in [2.75, 3.05) is 0 Å². The van der Waals surface area contributed by atoms with Crippen LogP contribution in [0.2, 0.25) is 0 Å². The van der Waals surface area contributed by atoms with Gasteiger partial charge in [-0.1, -0.05) is 24.1 Å². The molecule has 2 N–H and O–H groups in total. The summed E-state index contributed by atoms with van der Waals surface area (Å²) in [5.74, 6) is 4.46. The van der Waals surface area contributed by atoms with Crippen molar-refractivity contribution in [1.82, 2.24) is 15.6 Å². The fraction of sp³-hybridized carbons (Fsp3) is 0.167. The zero-order valence-corrected chi connectivity index (χ0v) is 12.8. The van der Waals surface area contributed by atoms with Gasteiger partial charge in [0.2, 0.25) is 0 Å². The van der Waals surface area contributed by atoms with Crippen molar-refractivity contribution in [3.05, 3.63) is 65.5 Å². The molecule has 23 heavy (non-hydrogen) atoms. The molecule has 5 nitrogen and oxygen atoms in total. The summed E-state index contributed by atoms with van der Waals surface area (Å²) in [6.07, 6.45) is 1.69. The normalized spacial score (nSPS) is 9.43. The van der Waals surface area contributed by atoms with Crippen LogP contribution in [0.1, 0.15) is 28.5 Å². The summed E-state index contributed by atoms with van der Waals surface area (Å²) in [6, 6.07) is 12.6. The fourth-order valence-electron chi connectivity index (χ4n) is 1.89. The molecule has 0 spiro atoms. The number of nitrogens with one attached hydrogen (secondary N) is 2. The van der Waals surface area contributed by atoms with Gasteiger partial charge in [-0.05, 0) is 42.7 Å². The highest BCUT2D eigenvalue weighted by Crippen LogP contribution is 2.05. The van der Waals surface area contributed by atoms with E-state index in [0.29, 0.717) is 18.7 Å². The molecule has 1 aromatic heterocycles. The summed E-state index contributed by atoms with van der Waals surface area (Å²) in [5.41, 5.74) is 2.26. The number of benzene rings is 1. The lowest BCUT2D eigenvalue weighted by atomic mass is 10.1. The van der Waals surface area contributed by atoms with Gasteiger partial charge in [0.15, 0.2) is 0 Å². The lowest BCUT2D eigenvalue weighted by Crippen LogP contribution is -2.23. The van der Waals surface area contributed by atoms with E-state index in [1.807, 2.05) is 18.2 Å². The Hall–Kier alpha value is -3.13. The van der Waals surface area contributed by atoms with Crippen LogP contribution in [0.15, 0.2) is 48.7 Å². The van der Waals surface area contributed by atoms with Crippen molar-refractivity contribution in [2.24, 2.45) is 0 Å². The number of hydrogen-bond acceptors (Lipinski definition) is 3. The summed E-state index contributed by atoms with van der Waals surface area (Å²) >= 11 is 0. The molecule has 1 heterocycles. The predicted octanol–water partition coefficient (Wildman–Crippen LogP) is 1.65. The first-order chi connectivity index (χ1) is 11.2. The molecule has 0 saturated carbocycles. The summed E-state index contributed by atoms with van der Waals surface area (Å²) in [7, 11) is 0. The van der Waals surface area contributed by atoms with E-state index in [9.17, 15) is 9.59 Å². The van der Waals surface area contributed by atoms with Crippen LogP contribution in [0.5, 0.6) is 0 Å². The van der Waals surface area contributed by atoms with Gasteiger partial charge in [0.1, 0.15) is 0 Å². The Morgan fingerprint density at radius 1 is 1.04 bits per heavy atom. The van der Waals surface area contributed by atoms with Gasteiger partial charge in [0.05, 0.1) is 12.2 Å². The highest BCUT2D eigenvalue weighted by Gasteiger charge is 2.05. The van der Waals surface area contributed by atoms with Gasteiger partial charge in [0.25, 0.3) is 11.8 Å². The quantitative estimate of drug-likeness (QED) is 0.825. The molecule has 0 aliphatic rings. The molecule has 2 aromatic rings. The highest BCUT2D eigenvalue weighted by molar-refractivity contribution is 5.94. The number of carbonyl (C=O) groups is 2. The van der Waals surface area contributed by atoms with E-state index in [2.05, 4.69) is 27.5 Å². The van der Waals surface area contributed by atoms with Crippen LogP contribution >= 0.6 is 0 Å². The van der Waals surface area contributed by atoms with Gasteiger partial charge in [-0.15, -0.1) is 0 Å². The second-order valence-corrected chi connectivity index (χ2v) is 4.76. The van der Waals surface area contributed by atoms with Crippen LogP contribution in [0.4, 0.5) is 0 Å². The van der Waals surface area contributed by atoms with Crippen molar-refractivity contribution in [3.63, 3.8) is 0 Å². The van der Waals surface area contributed by atoms with Crippen LogP contribution in [0.25, 0.3) is 0 Å². The van der Waals surface area contributed by atoms with Gasteiger partial charge < -0.3 is 10.6 Å². The summed E-state index contributed by atoms with van der Waals surface area (Å²) < 4.78 is 0. The SMILES string of the molecule is CC#CC(=O)NCc1ccc(C(=O)NCc2ccccn2)cc1. The first kappa shape index (κ1) is 16.2. The van der Waals surface area contributed by atoms with Gasteiger partial charge in [-0.2, -0.15) is 0 Å². The molecular formula is C18H17N3O2. The average molecular weight is 307 g/mol.